The molecule has 0 radical (unpaired) electrons. The van der Waals surface area contributed by atoms with Crippen molar-refractivity contribution in [2.24, 2.45) is 0 Å². The molecule has 0 saturated heterocycles. The molecule has 0 aliphatic carbocycles. The normalized spacial score (nSPS) is 12.9. The number of carbonyl (C=O) groups excluding carboxylic acids is 1. The van der Waals surface area contributed by atoms with E-state index in [9.17, 15) is 13.2 Å². The zero-order valence-corrected chi connectivity index (χ0v) is 16.1. The molecule has 24 heavy (non-hydrogen) atoms. The van der Waals surface area contributed by atoms with Crippen LogP contribution in [0.1, 0.15) is 34.1 Å². The number of hydrogen-bond acceptors (Lipinski definition) is 4. The van der Waals surface area contributed by atoms with Crippen molar-refractivity contribution in [1.82, 2.24) is 9.62 Å². The lowest BCUT2D eigenvalue weighted by molar-refractivity contribution is -0.123. The van der Waals surface area contributed by atoms with Gasteiger partial charge in [-0.25, -0.2) is 8.42 Å². The third kappa shape index (κ3) is 5.36. The van der Waals surface area contributed by atoms with E-state index in [1.54, 1.807) is 13.8 Å². The summed E-state index contributed by atoms with van der Waals surface area (Å²) in [6.07, 6.45) is 0.824. The first-order valence-electron chi connectivity index (χ1n) is 7.98. The molecule has 0 bridgehead atoms. The molecule has 0 aromatic heterocycles. The molecule has 0 saturated carbocycles. The Kier molecular flexibility index (Phi) is 7.99. The molecule has 1 aromatic carbocycles. The predicted molar refractivity (Wildman–Crippen MR) is 94.9 cm³/mol. The molecule has 0 heterocycles. The van der Waals surface area contributed by atoms with Crippen LogP contribution < -0.4 is 10.1 Å². The number of nitrogens with zero attached hydrogens (tertiary/aromatic N) is 1. The monoisotopic (exact) mass is 376 g/mol. The number of ether oxygens (including phenoxy) is 1. The van der Waals surface area contributed by atoms with Crippen LogP contribution in [0, 0.1) is 0 Å². The van der Waals surface area contributed by atoms with Crippen LogP contribution in [0.25, 0.3) is 0 Å². The Bertz CT molecular complexity index is 660. The van der Waals surface area contributed by atoms with Crippen molar-refractivity contribution in [2.75, 3.05) is 19.7 Å². The minimum atomic E-state index is -3.58. The zero-order chi connectivity index (χ0) is 18.3. The molecule has 0 aliphatic rings. The fraction of sp³-hybridized carbons (Fsp3) is 0.562. The van der Waals surface area contributed by atoms with Gasteiger partial charge in [-0.1, -0.05) is 32.4 Å². The van der Waals surface area contributed by atoms with E-state index in [1.807, 2.05) is 13.8 Å². The van der Waals surface area contributed by atoms with Gasteiger partial charge in [0.1, 0.15) is 5.75 Å². The van der Waals surface area contributed by atoms with E-state index in [4.69, 9.17) is 16.3 Å². The number of rotatable bonds is 9. The average Bonchev–Trinajstić information content (AvgIpc) is 2.54. The van der Waals surface area contributed by atoms with Gasteiger partial charge in [-0.2, -0.15) is 4.31 Å². The molecule has 6 nitrogen and oxygen atoms in total. The Balaban J connectivity index is 2.84. The lowest BCUT2D eigenvalue weighted by Gasteiger charge is -2.19. The number of carbonyl (C=O) groups is 1. The van der Waals surface area contributed by atoms with Gasteiger partial charge in [0.05, 0.1) is 9.92 Å². The van der Waals surface area contributed by atoms with Gasteiger partial charge in [0, 0.05) is 19.1 Å². The summed E-state index contributed by atoms with van der Waals surface area (Å²) in [7, 11) is -3.58. The third-order valence-electron chi connectivity index (χ3n) is 3.63. The van der Waals surface area contributed by atoms with E-state index in [2.05, 4.69) is 5.32 Å². The van der Waals surface area contributed by atoms with Crippen LogP contribution in [0.4, 0.5) is 0 Å². The number of nitrogens with one attached hydrogen (secondary N) is 1. The molecule has 1 aromatic rings. The van der Waals surface area contributed by atoms with Gasteiger partial charge < -0.3 is 10.1 Å². The van der Waals surface area contributed by atoms with Gasteiger partial charge in [-0.3, -0.25) is 4.79 Å². The molecule has 1 amide bonds. The molecular weight excluding hydrogens is 352 g/mol. The molecular formula is C16H25ClN2O4S. The summed E-state index contributed by atoms with van der Waals surface area (Å²) in [6, 6.07) is 4.31. The van der Waals surface area contributed by atoms with E-state index in [1.165, 1.54) is 22.5 Å². The van der Waals surface area contributed by atoms with Crippen LogP contribution in [0.3, 0.4) is 0 Å². The van der Waals surface area contributed by atoms with E-state index >= 15 is 0 Å². The first-order valence-corrected chi connectivity index (χ1v) is 9.79. The van der Waals surface area contributed by atoms with Crippen molar-refractivity contribution in [3.63, 3.8) is 0 Å². The first kappa shape index (κ1) is 20.7. The summed E-state index contributed by atoms with van der Waals surface area (Å²) in [5.41, 5.74) is 0. The number of hydrogen-bond donors (Lipinski definition) is 1. The molecule has 136 valence electrons. The maximum atomic E-state index is 12.4. The summed E-state index contributed by atoms with van der Waals surface area (Å²) in [5.74, 6) is 0.0229. The lowest BCUT2D eigenvalue weighted by Crippen LogP contribution is -2.35. The van der Waals surface area contributed by atoms with Crippen molar-refractivity contribution in [3.05, 3.63) is 23.2 Å². The van der Waals surface area contributed by atoms with Crippen LogP contribution >= 0.6 is 11.6 Å². The first-order chi connectivity index (χ1) is 11.3. The second-order valence-corrected chi connectivity index (χ2v) is 7.69. The second kappa shape index (κ2) is 9.25. The van der Waals surface area contributed by atoms with Crippen LogP contribution in [-0.2, 0) is 14.8 Å². The van der Waals surface area contributed by atoms with Crippen LogP contribution in [0.15, 0.2) is 23.1 Å². The van der Waals surface area contributed by atoms with Gasteiger partial charge in [-0.15, -0.1) is 0 Å². The van der Waals surface area contributed by atoms with Crippen LogP contribution in [0.5, 0.6) is 5.75 Å². The van der Waals surface area contributed by atoms with Gasteiger partial charge in [0.25, 0.3) is 5.91 Å². The Morgan fingerprint density at radius 2 is 1.92 bits per heavy atom. The van der Waals surface area contributed by atoms with Crippen molar-refractivity contribution < 1.29 is 17.9 Å². The largest absolute Gasteiger partial charge is 0.482 e. The smallest absolute Gasteiger partial charge is 0.258 e. The Labute approximate surface area is 149 Å². The number of amides is 1. The SMILES string of the molecule is CC[C@@H](C)NC(=O)COc1ccc(S(=O)(=O)N(CC)CC)cc1Cl. The van der Waals surface area contributed by atoms with Crippen LogP contribution in [0.2, 0.25) is 5.02 Å². The fourth-order valence-electron chi connectivity index (χ4n) is 2.03. The van der Waals surface area contributed by atoms with Gasteiger partial charge in [0.15, 0.2) is 6.61 Å². The standard InChI is InChI=1S/C16H25ClN2O4S/c1-5-12(4)18-16(20)11-23-15-9-8-13(10-14(15)17)24(21,22)19(6-2)7-3/h8-10,12H,5-7,11H2,1-4H3,(H,18,20)/t12-/m1/s1. The van der Waals surface area contributed by atoms with Crippen molar-refractivity contribution in [1.29, 1.82) is 0 Å². The summed E-state index contributed by atoms with van der Waals surface area (Å²) >= 11 is 6.10. The summed E-state index contributed by atoms with van der Waals surface area (Å²) < 4.78 is 31.6. The molecule has 0 spiro atoms. The van der Waals surface area contributed by atoms with E-state index < -0.39 is 10.0 Å². The number of sulfonamides is 1. The Morgan fingerprint density at radius 3 is 2.42 bits per heavy atom. The molecule has 0 unspecified atom stereocenters. The van der Waals surface area contributed by atoms with Crippen LogP contribution in [-0.4, -0.2) is 44.4 Å². The van der Waals surface area contributed by atoms with E-state index in [-0.39, 0.29) is 34.2 Å². The fourth-order valence-corrected chi connectivity index (χ4v) is 3.82. The van der Waals surface area contributed by atoms with E-state index in [0.29, 0.717) is 13.1 Å². The van der Waals surface area contributed by atoms with Crippen molar-refractivity contribution in [3.8, 4) is 5.75 Å². The second-order valence-electron chi connectivity index (χ2n) is 5.35. The average molecular weight is 377 g/mol. The maximum absolute atomic E-state index is 12.4. The van der Waals surface area contributed by atoms with Crippen molar-refractivity contribution in [2.45, 2.75) is 45.1 Å². The molecule has 0 fully saturated rings. The van der Waals surface area contributed by atoms with Gasteiger partial charge in [-0.05, 0) is 31.5 Å². The highest BCUT2D eigenvalue weighted by atomic mass is 35.5. The summed E-state index contributed by atoms with van der Waals surface area (Å²) in [4.78, 5) is 11.8. The zero-order valence-electron chi connectivity index (χ0n) is 14.5. The minimum absolute atomic E-state index is 0.0677. The molecule has 1 atom stereocenters. The molecule has 1 N–H and O–H groups in total. The quantitative estimate of drug-likeness (QED) is 0.718. The third-order valence-corrected chi connectivity index (χ3v) is 5.97. The Hall–Kier alpha value is -1.31. The van der Waals surface area contributed by atoms with E-state index in [0.717, 1.165) is 6.42 Å². The molecule has 0 aliphatic heterocycles. The predicted octanol–water partition coefficient (Wildman–Crippen LogP) is 2.66. The minimum Gasteiger partial charge on any atom is -0.482 e. The topological polar surface area (TPSA) is 75.7 Å². The highest BCUT2D eigenvalue weighted by Crippen LogP contribution is 2.28. The number of benzene rings is 1. The maximum Gasteiger partial charge on any atom is 0.258 e. The van der Waals surface area contributed by atoms with Gasteiger partial charge in [0.2, 0.25) is 10.0 Å². The number of halogens is 1. The highest BCUT2D eigenvalue weighted by Gasteiger charge is 2.22. The molecule has 1 rings (SSSR count). The Morgan fingerprint density at radius 1 is 1.29 bits per heavy atom. The summed E-state index contributed by atoms with van der Waals surface area (Å²) in [6.45, 7) is 8.00. The van der Waals surface area contributed by atoms with Gasteiger partial charge >= 0.3 is 0 Å². The van der Waals surface area contributed by atoms with Crippen molar-refractivity contribution >= 4 is 27.5 Å². The lowest BCUT2D eigenvalue weighted by atomic mass is 10.2. The summed E-state index contributed by atoms with van der Waals surface area (Å²) in [5, 5.41) is 2.93. The molecule has 8 heteroatoms. The highest BCUT2D eigenvalue weighted by molar-refractivity contribution is 7.89.